The topological polar surface area (TPSA) is 58.6 Å². The molecule has 0 aliphatic carbocycles. The Balaban J connectivity index is 1.68. The first-order chi connectivity index (χ1) is 14.0. The van der Waals surface area contributed by atoms with Crippen LogP contribution in [-0.2, 0) is 16.0 Å². The fraction of sp³-hybridized carbons (Fsp3) is 0.417. The van der Waals surface area contributed by atoms with E-state index in [1.54, 1.807) is 7.11 Å². The summed E-state index contributed by atoms with van der Waals surface area (Å²) in [6.07, 6.45) is 1.77. The number of hydrogen-bond acceptors (Lipinski definition) is 3. The van der Waals surface area contributed by atoms with Gasteiger partial charge in [-0.15, -0.1) is 0 Å². The number of aryl methyl sites for hydroxylation is 1. The van der Waals surface area contributed by atoms with Crippen molar-refractivity contribution >= 4 is 11.8 Å². The Morgan fingerprint density at radius 3 is 2.62 bits per heavy atom. The molecule has 5 heteroatoms. The lowest BCUT2D eigenvalue weighted by atomic mass is 9.83. The van der Waals surface area contributed by atoms with Crippen molar-refractivity contribution in [2.75, 3.05) is 20.2 Å². The number of piperidine rings is 1. The van der Waals surface area contributed by atoms with Crippen LogP contribution in [0.25, 0.3) is 0 Å². The molecule has 2 amide bonds. The summed E-state index contributed by atoms with van der Waals surface area (Å²) in [7, 11) is 1.67. The zero-order valence-corrected chi connectivity index (χ0v) is 17.5. The van der Waals surface area contributed by atoms with Crippen molar-refractivity contribution in [3.63, 3.8) is 0 Å². The Hall–Kier alpha value is -2.82. The molecule has 1 aliphatic rings. The molecule has 0 aromatic heterocycles. The lowest BCUT2D eigenvalue weighted by molar-refractivity contribution is -0.143. The normalized spacial score (nSPS) is 19.1. The van der Waals surface area contributed by atoms with Gasteiger partial charge >= 0.3 is 0 Å². The van der Waals surface area contributed by atoms with Crippen molar-refractivity contribution in [3.8, 4) is 5.75 Å². The van der Waals surface area contributed by atoms with Gasteiger partial charge < -0.3 is 15.0 Å². The molecular formula is C24H30N2O3. The van der Waals surface area contributed by atoms with Gasteiger partial charge in [-0.05, 0) is 49.4 Å². The number of methoxy groups -OCH3 is 1. The molecule has 1 N–H and O–H groups in total. The Bertz CT molecular complexity index is 850. The predicted octanol–water partition coefficient (Wildman–Crippen LogP) is 3.66. The van der Waals surface area contributed by atoms with Crippen LogP contribution in [0.5, 0.6) is 5.75 Å². The molecule has 0 saturated carbocycles. The Labute approximate surface area is 173 Å². The van der Waals surface area contributed by atoms with Crippen molar-refractivity contribution < 1.29 is 14.3 Å². The van der Waals surface area contributed by atoms with E-state index in [1.165, 1.54) is 0 Å². The van der Waals surface area contributed by atoms with Crippen molar-refractivity contribution in [1.82, 2.24) is 10.2 Å². The summed E-state index contributed by atoms with van der Waals surface area (Å²) in [5, 5.41) is 3.10. The second-order valence-electron chi connectivity index (χ2n) is 7.53. The molecular weight excluding hydrogens is 364 g/mol. The molecule has 1 saturated heterocycles. The van der Waals surface area contributed by atoms with Crippen molar-refractivity contribution in [2.24, 2.45) is 5.92 Å². The second kappa shape index (κ2) is 9.59. The lowest BCUT2D eigenvalue weighted by Crippen LogP contribution is -2.48. The smallest absolute Gasteiger partial charge is 0.225 e. The lowest BCUT2D eigenvalue weighted by Gasteiger charge is -2.40. The van der Waals surface area contributed by atoms with Gasteiger partial charge in [-0.3, -0.25) is 9.59 Å². The Morgan fingerprint density at radius 1 is 1.21 bits per heavy atom. The van der Waals surface area contributed by atoms with Gasteiger partial charge in [0, 0.05) is 19.5 Å². The standard InChI is InChI=1S/C24H30N2O3/c1-4-26-22(27)13-11-20(23(26)19-8-6-5-7-9-19)24(28)25-15-14-18-10-12-21(29-3)17(2)16-18/h5-10,12,16,20,23H,4,11,13-15H2,1-3H3,(H,25,28)/t20-,23+/m1/s1. The maximum absolute atomic E-state index is 13.0. The monoisotopic (exact) mass is 394 g/mol. The van der Waals surface area contributed by atoms with Crippen LogP contribution in [-0.4, -0.2) is 36.9 Å². The summed E-state index contributed by atoms with van der Waals surface area (Å²) in [6.45, 7) is 5.17. The molecule has 2 aromatic rings. The average molecular weight is 395 g/mol. The van der Waals surface area contributed by atoms with E-state index in [-0.39, 0.29) is 23.8 Å². The van der Waals surface area contributed by atoms with Crippen molar-refractivity contribution in [1.29, 1.82) is 0 Å². The van der Waals surface area contributed by atoms with Crippen LogP contribution in [0.1, 0.15) is 42.5 Å². The van der Waals surface area contributed by atoms with E-state index >= 15 is 0 Å². The highest BCUT2D eigenvalue weighted by Gasteiger charge is 2.39. The van der Waals surface area contributed by atoms with Gasteiger partial charge in [-0.25, -0.2) is 0 Å². The first kappa shape index (κ1) is 20.9. The molecule has 1 aliphatic heterocycles. The van der Waals surface area contributed by atoms with Gasteiger partial charge in [-0.2, -0.15) is 0 Å². The van der Waals surface area contributed by atoms with Crippen LogP contribution in [0, 0.1) is 12.8 Å². The minimum absolute atomic E-state index is 0.0232. The molecule has 5 nitrogen and oxygen atoms in total. The number of rotatable bonds is 7. The van der Waals surface area contributed by atoms with E-state index in [1.807, 2.05) is 61.2 Å². The molecule has 0 spiro atoms. The zero-order chi connectivity index (χ0) is 20.8. The van der Waals surface area contributed by atoms with E-state index in [2.05, 4.69) is 11.4 Å². The fourth-order valence-corrected chi connectivity index (χ4v) is 4.22. The predicted molar refractivity (Wildman–Crippen MR) is 114 cm³/mol. The van der Waals surface area contributed by atoms with Crippen LogP contribution in [0.2, 0.25) is 0 Å². The van der Waals surface area contributed by atoms with E-state index < -0.39 is 0 Å². The largest absolute Gasteiger partial charge is 0.496 e. The van der Waals surface area contributed by atoms with Gasteiger partial charge in [0.05, 0.1) is 19.1 Å². The minimum Gasteiger partial charge on any atom is -0.496 e. The average Bonchev–Trinajstić information content (AvgIpc) is 2.74. The fourth-order valence-electron chi connectivity index (χ4n) is 4.22. The number of nitrogens with zero attached hydrogens (tertiary/aromatic N) is 1. The quantitative estimate of drug-likeness (QED) is 0.780. The molecule has 1 heterocycles. The summed E-state index contributed by atoms with van der Waals surface area (Å²) in [4.78, 5) is 27.3. The second-order valence-corrected chi connectivity index (χ2v) is 7.53. The van der Waals surface area contributed by atoms with E-state index in [0.29, 0.717) is 25.9 Å². The molecule has 154 valence electrons. The number of benzene rings is 2. The molecule has 3 rings (SSSR count). The summed E-state index contributed by atoms with van der Waals surface area (Å²) in [5.74, 6) is 0.789. The SMILES string of the molecule is CCN1C(=O)CC[C@@H](C(=O)NCCc2ccc(OC)c(C)c2)[C@@H]1c1ccccc1. The van der Waals surface area contributed by atoms with Gasteiger partial charge in [0.25, 0.3) is 0 Å². The summed E-state index contributed by atoms with van der Waals surface area (Å²) in [6, 6.07) is 15.8. The van der Waals surface area contributed by atoms with Gasteiger partial charge in [0.15, 0.2) is 0 Å². The molecule has 0 unspecified atom stereocenters. The van der Waals surface area contributed by atoms with Crippen LogP contribution >= 0.6 is 0 Å². The molecule has 2 atom stereocenters. The number of carbonyl (C=O) groups excluding carboxylic acids is 2. The number of carbonyl (C=O) groups is 2. The van der Waals surface area contributed by atoms with Crippen molar-refractivity contribution in [2.45, 2.75) is 39.2 Å². The molecule has 1 fully saturated rings. The summed E-state index contributed by atoms with van der Waals surface area (Å²) >= 11 is 0. The highest BCUT2D eigenvalue weighted by molar-refractivity contribution is 5.85. The number of amides is 2. The first-order valence-corrected chi connectivity index (χ1v) is 10.3. The summed E-state index contributed by atoms with van der Waals surface area (Å²) < 4.78 is 5.30. The van der Waals surface area contributed by atoms with Crippen LogP contribution in [0.15, 0.2) is 48.5 Å². The maximum Gasteiger partial charge on any atom is 0.225 e. The van der Waals surface area contributed by atoms with Crippen LogP contribution < -0.4 is 10.1 Å². The van der Waals surface area contributed by atoms with E-state index in [4.69, 9.17) is 4.74 Å². The minimum atomic E-state index is -0.229. The number of likely N-dealkylation sites (tertiary alicyclic amines) is 1. The van der Waals surface area contributed by atoms with Gasteiger partial charge in [0.1, 0.15) is 5.75 Å². The third-order valence-electron chi connectivity index (χ3n) is 5.70. The van der Waals surface area contributed by atoms with E-state index in [9.17, 15) is 9.59 Å². The van der Waals surface area contributed by atoms with Crippen LogP contribution in [0.3, 0.4) is 0 Å². The van der Waals surface area contributed by atoms with Gasteiger partial charge in [-0.1, -0.05) is 42.5 Å². The Kier molecular flexibility index (Phi) is 6.91. The first-order valence-electron chi connectivity index (χ1n) is 10.3. The number of nitrogens with one attached hydrogen (secondary N) is 1. The Morgan fingerprint density at radius 2 is 1.97 bits per heavy atom. The highest BCUT2D eigenvalue weighted by Crippen LogP contribution is 2.36. The molecule has 29 heavy (non-hydrogen) atoms. The molecule has 0 bridgehead atoms. The number of ether oxygens (including phenoxy) is 1. The third kappa shape index (κ3) is 4.78. The van der Waals surface area contributed by atoms with Gasteiger partial charge in [0.2, 0.25) is 11.8 Å². The highest BCUT2D eigenvalue weighted by atomic mass is 16.5. The van der Waals surface area contributed by atoms with E-state index in [0.717, 1.165) is 28.9 Å². The molecule has 0 radical (unpaired) electrons. The maximum atomic E-state index is 13.0. The molecule has 2 aromatic carbocycles. The van der Waals surface area contributed by atoms with Crippen molar-refractivity contribution in [3.05, 3.63) is 65.2 Å². The summed E-state index contributed by atoms with van der Waals surface area (Å²) in [5.41, 5.74) is 3.27. The number of hydrogen-bond donors (Lipinski definition) is 1. The van der Waals surface area contributed by atoms with Crippen LogP contribution in [0.4, 0.5) is 0 Å². The third-order valence-corrected chi connectivity index (χ3v) is 5.70. The zero-order valence-electron chi connectivity index (χ0n) is 17.5.